The predicted octanol–water partition coefficient (Wildman–Crippen LogP) is 2.99. The molecule has 0 bridgehead atoms. The Morgan fingerprint density at radius 3 is 2.32 bits per heavy atom. The Kier molecular flexibility index (Phi) is 6.42. The van der Waals surface area contributed by atoms with Gasteiger partial charge < -0.3 is 9.64 Å². The summed E-state index contributed by atoms with van der Waals surface area (Å²) >= 11 is 0. The SMILES string of the molecule is COc1ccccc1N1CCN(CCc2nn(C(C)C)c(=O)n2-c2ccccc2)CC1. The molecule has 1 fully saturated rings. The average molecular weight is 422 g/mol. The summed E-state index contributed by atoms with van der Waals surface area (Å²) in [4.78, 5) is 17.8. The topological polar surface area (TPSA) is 55.5 Å². The Balaban J connectivity index is 1.45. The highest BCUT2D eigenvalue weighted by Crippen LogP contribution is 2.28. The first-order chi connectivity index (χ1) is 15.1. The fraction of sp³-hybridized carbons (Fsp3) is 0.417. The molecule has 0 spiro atoms. The summed E-state index contributed by atoms with van der Waals surface area (Å²) in [7, 11) is 1.72. The monoisotopic (exact) mass is 421 g/mol. The number of aromatic nitrogens is 3. The van der Waals surface area contributed by atoms with E-state index in [-0.39, 0.29) is 11.7 Å². The molecular formula is C24H31N5O2. The number of piperazine rings is 1. The van der Waals surface area contributed by atoms with Crippen LogP contribution in [0.5, 0.6) is 5.75 Å². The molecule has 0 N–H and O–H groups in total. The molecule has 1 saturated heterocycles. The standard InChI is InChI=1S/C24H31N5O2/c1-19(2)29-24(30)28(20-9-5-4-6-10-20)23(25-29)13-14-26-15-17-27(18-16-26)21-11-7-8-12-22(21)31-3/h4-12,19H,13-18H2,1-3H3. The normalized spacial score (nSPS) is 14.9. The van der Waals surface area contributed by atoms with Crippen LogP contribution >= 0.6 is 0 Å². The van der Waals surface area contributed by atoms with E-state index in [0.29, 0.717) is 0 Å². The maximum atomic E-state index is 13.0. The van der Waals surface area contributed by atoms with E-state index in [9.17, 15) is 4.79 Å². The summed E-state index contributed by atoms with van der Waals surface area (Å²) < 4.78 is 8.86. The fourth-order valence-electron chi connectivity index (χ4n) is 4.12. The third-order valence-electron chi connectivity index (χ3n) is 5.82. The van der Waals surface area contributed by atoms with E-state index in [1.807, 2.05) is 56.3 Å². The number of anilines is 1. The maximum Gasteiger partial charge on any atom is 0.350 e. The summed E-state index contributed by atoms with van der Waals surface area (Å²) in [6.07, 6.45) is 0.735. The summed E-state index contributed by atoms with van der Waals surface area (Å²) in [5.74, 6) is 1.74. The fourth-order valence-corrected chi connectivity index (χ4v) is 4.12. The third-order valence-corrected chi connectivity index (χ3v) is 5.82. The van der Waals surface area contributed by atoms with Gasteiger partial charge in [-0.05, 0) is 38.1 Å². The van der Waals surface area contributed by atoms with E-state index >= 15 is 0 Å². The van der Waals surface area contributed by atoms with Crippen molar-refractivity contribution in [3.8, 4) is 11.4 Å². The van der Waals surface area contributed by atoms with E-state index < -0.39 is 0 Å². The van der Waals surface area contributed by atoms with Gasteiger partial charge in [-0.15, -0.1) is 0 Å². The van der Waals surface area contributed by atoms with Crippen LogP contribution in [0.4, 0.5) is 5.69 Å². The number of hydrogen-bond donors (Lipinski definition) is 0. The Labute approximate surface area is 183 Å². The molecule has 164 valence electrons. The van der Waals surface area contributed by atoms with Crippen LogP contribution in [-0.4, -0.2) is 59.1 Å². The maximum absolute atomic E-state index is 13.0. The zero-order chi connectivity index (χ0) is 21.8. The number of para-hydroxylation sites is 3. The Hall–Kier alpha value is -3.06. The van der Waals surface area contributed by atoms with E-state index in [4.69, 9.17) is 4.74 Å². The first-order valence-electron chi connectivity index (χ1n) is 10.9. The second-order valence-electron chi connectivity index (χ2n) is 8.16. The van der Waals surface area contributed by atoms with Crippen molar-refractivity contribution in [2.24, 2.45) is 0 Å². The molecular weight excluding hydrogens is 390 g/mol. The van der Waals surface area contributed by atoms with Gasteiger partial charge in [0.05, 0.1) is 24.5 Å². The molecule has 0 amide bonds. The van der Waals surface area contributed by atoms with E-state index in [1.165, 1.54) is 0 Å². The molecule has 0 atom stereocenters. The molecule has 3 aromatic rings. The van der Waals surface area contributed by atoms with Gasteiger partial charge in [-0.25, -0.2) is 14.0 Å². The minimum Gasteiger partial charge on any atom is -0.495 e. The number of rotatable bonds is 7. The van der Waals surface area contributed by atoms with Gasteiger partial charge in [0.15, 0.2) is 0 Å². The van der Waals surface area contributed by atoms with Crippen LogP contribution < -0.4 is 15.3 Å². The summed E-state index contributed by atoms with van der Waals surface area (Å²) in [6.45, 7) is 8.70. The van der Waals surface area contributed by atoms with E-state index in [1.54, 1.807) is 16.4 Å². The first-order valence-corrected chi connectivity index (χ1v) is 10.9. The number of nitrogens with zero attached hydrogens (tertiary/aromatic N) is 5. The molecule has 2 aromatic carbocycles. The van der Waals surface area contributed by atoms with Crippen LogP contribution in [0.15, 0.2) is 59.4 Å². The molecule has 31 heavy (non-hydrogen) atoms. The second kappa shape index (κ2) is 9.39. The zero-order valence-corrected chi connectivity index (χ0v) is 18.6. The largest absolute Gasteiger partial charge is 0.495 e. The van der Waals surface area contributed by atoms with Gasteiger partial charge >= 0.3 is 5.69 Å². The molecule has 0 saturated carbocycles. The van der Waals surface area contributed by atoms with Crippen LogP contribution in [0, 0.1) is 0 Å². The third kappa shape index (κ3) is 4.51. The number of methoxy groups -OCH3 is 1. The van der Waals surface area contributed by atoms with Crippen molar-refractivity contribution in [3.63, 3.8) is 0 Å². The molecule has 0 unspecified atom stereocenters. The minimum absolute atomic E-state index is 0.0283. The van der Waals surface area contributed by atoms with Crippen molar-refractivity contribution in [3.05, 3.63) is 70.9 Å². The van der Waals surface area contributed by atoms with Crippen LogP contribution in [0.25, 0.3) is 5.69 Å². The lowest BCUT2D eigenvalue weighted by atomic mass is 10.2. The van der Waals surface area contributed by atoms with Crippen molar-refractivity contribution in [1.29, 1.82) is 0 Å². The zero-order valence-electron chi connectivity index (χ0n) is 18.6. The molecule has 1 aromatic heterocycles. The minimum atomic E-state index is -0.0720. The molecule has 7 heteroatoms. The Bertz CT molecular complexity index is 1050. The highest BCUT2D eigenvalue weighted by Gasteiger charge is 2.21. The highest BCUT2D eigenvalue weighted by atomic mass is 16.5. The van der Waals surface area contributed by atoms with Crippen LogP contribution in [0.2, 0.25) is 0 Å². The lowest BCUT2D eigenvalue weighted by Gasteiger charge is -2.36. The quantitative estimate of drug-likeness (QED) is 0.587. The second-order valence-corrected chi connectivity index (χ2v) is 8.16. The predicted molar refractivity (Wildman–Crippen MR) is 124 cm³/mol. The van der Waals surface area contributed by atoms with Crippen LogP contribution in [0.1, 0.15) is 25.7 Å². The summed E-state index contributed by atoms with van der Waals surface area (Å²) in [5, 5.41) is 4.67. The van der Waals surface area contributed by atoms with Gasteiger partial charge in [0.1, 0.15) is 11.6 Å². The van der Waals surface area contributed by atoms with Crippen molar-refractivity contribution in [2.45, 2.75) is 26.3 Å². The summed E-state index contributed by atoms with van der Waals surface area (Å²) in [6, 6.07) is 18.0. The van der Waals surface area contributed by atoms with Gasteiger partial charge in [-0.2, -0.15) is 5.10 Å². The number of ether oxygens (including phenoxy) is 1. The van der Waals surface area contributed by atoms with Gasteiger partial charge in [-0.1, -0.05) is 30.3 Å². The van der Waals surface area contributed by atoms with Crippen molar-refractivity contribution >= 4 is 5.69 Å². The van der Waals surface area contributed by atoms with Crippen molar-refractivity contribution in [2.75, 3.05) is 44.7 Å². The van der Waals surface area contributed by atoms with E-state index in [2.05, 4.69) is 27.0 Å². The number of benzene rings is 2. The van der Waals surface area contributed by atoms with Crippen LogP contribution in [-0.2, 0) is 6.42 Å². The van der Waals surface area contributed by atoms with Gasteiger partial charge in [-0.3, -0.25) is 4.90 Å². The number of hydrogen-bond acceptors (Lipinski definition) is 5. The summed E-state index contributed by atoms with van der Waals surface area (Å²) in [5.41, 5.74) is 1.95. The molecule has 1 aliphatic rings. The Morgan fingerprint density at radius 1 is 0.968 bits per heavy atom. The molecule has 0 aliphatic carbocycles. The van der Waals surface area contributed by atoms with Gasteiger partial charge in [0, 0.05) is 39.1 Å². The molecule has 0 radical (unpaired) electrons. The Morgan fingerprint density at radius 2 is 1.65 bits per heavy atom. The first kappa shape index (κ1) is 21.2. The highest BCUT2D eigenvalue weighted by molar-refractivity contribution is 5.58. The van der Waals surface area contributed by atoms with Gasteiger partial charge in [0.25, 0.3) is 0 Å². The van der Waals surface area contributed by atoms with Crippen molar-refractivity contribution in [1.82, 2.24) is 19.2 Å². The molecule has 1 aliphatic heterocycles. The lowest BCUT2D eigenvalue weighted by Crippen LogP contribution is -2.47. The van der Waals surface area contributed by atoms with Gasteiger partial charge in [0.2, 0.25) is 0 Å². The smallest absolute Gasteiger partial charge is 0.350 e. The molecule has 4 rings (SSSR count). The molecule has 7 nitrogen and oxygen atoms in total. The van der Waals surface area contributed by atoms with E-state index in [0.717, 1.165) is 62.1 Å². The average Bonchev–Trinajstić information content (AvgIpc) is 3.15. The van der Waals surface area contributed by atoms with Crippen molar-refractivity contribution < 1.29 is 4.74 Å². The lowest BCUT2D eigenvalue weighted by molar-refractivity contribution is 0.258. The molecule has 2 heterocycles. The van der Waals surface area contributed by atoms with Crippen LogP contribution in [0.3, 0.4) is 0 Å².